The van der Waals surface area contributed by atoms with Gasteiger partial charge in [-0.05, 0) is 24.3 Å². The molecule has 0 saturated heterocycles. The van der Waals surface area contributed by atoms with E-state index in [1.807, 2.05) is 0 Å². The van der Waals surface area contributed by atoms with Crippen LogP contribution in [-0.2, 0) is 0 Å². The van der Waals surface area contributed by atoms with Crippen molar-refractivity contribution in [3.63, 3.8) is 0 Å². The normalized spacial score (nSPS) is 9.89. The Hall–Kier alpha value is -1.84. The number of benzene rings is 2. The second-order valence-electron chi connectivity index (χ2n) is 3.58. The molecule has 0 atom stereocenters. The maximum Gasteiger partial charge on any atom is 0.283 e. The molecule has 0 amide bonds. The second-order valence-corrected chi connectivity index (χ2v) is 5.58. The van der Waals surface area contributed by atoms with Gasteiger partial charge in [0.15, 0.2) is 0 Å². The fraction of sp³-hybridized carbons (Fsp3) is 0. The Morgan fingerprint density at radius 2 is 1.95 bits per heavy atom. The van der Waals surface area contributed by atoms with Gasteiger partial charge in [0.1, 0.15) is 6.07 Å². The predicted octanol–water partition coefficient (Wildman–Crippen LogP) is 4.38. The third-order valence-corrected chi connectivity index (χ3v) is 3.96. The molecule has 0 aliphatic rings. The summed E-state index contributed by atoms with van der Waals surface area (Å²) >= 11 is 4.54. The van der Waals surface area contributed by atoms with Crippen LogP contribution in [0.4, 0.5) is 5.69 Å². The van der Waals surface area contributed by atoms with Gasteiger partial charge in [-0.25, -0.2) is 0 Å². The van der Waals surface area contributed by atoms with Gasteiger partial charge in [-0.3, -0.25) is 10.1 Å². The lowest BCUT2D eigenvalue weighted by Gasteiger charge is -2.05. The molecule has 4 nitrogen and oxygen atoms in total. The monoisotopic (exact) mass is 334 g/mol. The molecule has 19 heavy (non-hydrogen) atoms. The first-order valence-corrected chi connectivity index (χ1v) is 6.83. The summed E-state index contributed by atoms with van der Waals surface area (Å²) in [5.41, 5.74) is 0.530. The van der Waals surface area contributed by atoms with Crippen LogP contribution in [0.3, 0.4) is 0 Å². The lowest BCUT2D eigenvalue weighted by atomic mass is 10.2. The van der Waals surface area contributed by atoms with Crippen molar-refractivity contribution >= 4 is 33.4 Å². The van der Waals surface area contributed by atoms with Crippen LogP contribution in [0.1, 0.15) is 5.56 Å². The zero-order chi connectivity index (χ0) is 13.8. The van der Waals surface area contributed by atoms with E-state index in [0.29, 0.717) is 15.4 Å². The van der Waals surface area contributed by atoms with Crippen LogP contribution in [0.15, 0.2) is 56.7 Å². The van der Waals surface area contributed by atoms with Crippen LogP contribution in [0.5, 0.6) is 0 Å². The SMILES string of the molecule is N#Cc1ccc(Br)cc1Sc1ccccc1[N+](=O)[O-]. The average molecular weight is 335 g/mol. The molecule has 94 valence electrons. The Labute approximate surface area is 122 Å². The molecule has 0 saturated carbocycles. The molecule has 0 spiro atoms. The zero-order valence-corrected chi connectivity index (χ0v) is 11.9. The van der Waals surface area contributed by atoms with Crippen molar-refractivity contribution in [1.29, 1.82) is 5.26 Å². The maximum absolute atomic E-state index is 11.0. The van der Waals surface area contributed by atoms with Gasteiger partial charge in [-0.2, -0.15) is 5.26 Å². The summed E-state index contributed by atoms with van der Waals surface area (Å²) in [5.74, 6) is 0. The minimum atomic E-state index is -0.424. The molecule has 0 heterocycles. The number of hydrogen-bond acceptors (Lipinski definition) is 4. The molecule has 0 aromatic heterocycles. The number of nitro benzene ring substituents is 1. The molecule has 2 rings (SSSR count). The number of halogens is 1. The van der Waals surface area contributed by atoms with Gasteiger partial charge in [-0.15, -0.1) is 0 Å². The Morgan fingerprint density at radius 1 is 1.21 bits per heavy atom. The summed E-state index contributed by atoms with van der Waals surface area (Å²) in [5, 5.41) is 20.0. The molecule has 2 aromatic rings. The van der Waals surface area contributed by atoms with Gasteiger partial charge in [-0.1, -0.05) is 39.8 Å². The number of hydrogen-bond donors (Lipinski definition) is 0. The van der Waals surface area contributed by atoms with Crippen LogP contribution < -0.4 is 0 Å². The predicted molar refractivity (Wildman–Crippen MR) is 76.1 cm³/mol. The highest BCUT2D eigenvalue weighted by Gasteiger charge is 2.15. The number of nitriles is 1. The van der Waals surface area contributed by atoms with Crippen molar-refractivity contribution in [2.24, 2.45) is 0 Å². The van der Waals surface area contributed by atoms with Crippen molar-refractivity contribution in [1.82, 2.24) is 0 Å². The van der Waals surface area contributed by atoms with Crippen LogP contribution in [0, 0.1) is 21.4 Å². The van der Waals surface area contributed by atoms with Crippen LogP contribution in [-0.4, -0.2) is 4.92 Å². The van der Waals surface area contributed by atoms with Crippen LogP contribution in [0.25, 0.3) is 0 Å². The van der Waals surface area contributed by atoms with Gasteiger partial charge in [0, 0.05) is 15.4 Å². The highest BCUT2D eigenvalue weighted by Crippen LogP contribution is 2.37. The summed E-state index contributed by atoms with van der Waals surface area (Å²) in [7, 11) is 0. The van der Waals surface area contributed by atoms with Gasteiger partial charge in [0.2, 0.25) is 0 Å². The third-order valence-electron chi connectivity index (χ3n) is 2.35. The summed E-state index contributed by atoms with van der Waals surface area (Å²) in [6, 6.07) is 13.8. The van der Waals surface area contributed by atoms with E-state index in [2.05, 4.69) is 22.0 Å². The third kappa shape index (κ3) is 3.13. The number of nitro groups is 1. The molecule has 0 aliphatic carbocycles. The van der Waals surface area contributed by atoms with E-state index in [1.54, 1.807) is 36.4 Å². The van der Waals surface area contributed by atoms with E-state index < -0.39 is 4.92 Å². The number of rotatable bonds is 3. The van der Waals surface area contributed by atoms with Crippen molar-refractivity contribution in [3.8, 4) is 6.07 Å². The van der Waals surface area contributed by atoms with Gasteiger partial charge >= 0.3 is 0 Å². The van der Waals surface area contributed by atoms with Gasteiger partial charge in [0.25, 0.3) is 5.69 Å². The molecule has 0 radical (unpaired) electrons. The van der Waals surface area contributed by atoms with Crippen molar-refractivity contribution in [2.45, 2.75) is 9.79 Å². The molecule has 0 aliphatic heterocycles. The topological polar surface area (TPSA) is 66.9 Å². The van der Waals surface area contributed by atoms with Crippen molar-refractivity contribution < 1.29 is 4.92 Å². The first-order valence-electron chi connectivity index (χ1n) is 5.22. The van der Waals surface area contributed by atoms with Crippen LogP contribution in [0.2, 0.25) is 0 Å². The molecular formula is C13H7BrN2O2S. The minimum absolute atomic E-state index is 0.0383. The van der Waals surface area contributed by atoms with Crippen molar-refractivity contribution in [3.05, 3.63) is 62.6 Å². The molecule has 6 heteroatoms. The van der Waals surface area contributed by atoms with Gasteiger partial charge in [0.05, 0.1) is 15.4 Å². The van der Waals surface area contributed by atoms with Crippen molar-refractivity contribution in [2.75, 3.05) is 0 Å². The fourth-order valence-corrected chi connectivity index (χ4v) is 3.04. The first kappa shape index (κ1) is 13.6. The van der Waals surface area contributed by atoms with E-state index in [1.165, 1.54) is 17.8 Å². The fourth-order valence-electron chi connectivity index (χ4n) is 1.49. The van der Waals surface area contributed by atoms with E-state index in [-0.39, 0.29) is 5.69 Å². The van der Waals surface area contributed by atoms with Crippen LogP contribution >= 0.6 is 27.7 Å². The van der Waals surface area contributed by atoms with Gasteiger partial charge < -0.3 is 0 Å². The van der Waals surface area contributed by atoms with E-state index in [0.717, 1.165) is 4.47 Å². The second kappa shape index (κ2) is 5.87. The molecule has 0 bridgehead atoms. The Kier molecular flexibility index (Phi) is 4.20. The standard InChI is InChI=1S/C13H7BrN2O2S/c14-10-6-5-9(8-15)13(7-10)19-12-4-2-1-3-11(12)16(17)18/h1-7H. The first-order chi connectivity index (χ1) is 9.11. The lowest BCUT2D eigenvalue weighted by Crippen LogP contribution is -1.90. The largest absolute Gasteiger partial charge is 0.283 e. The summed E-state index contributed by atoms with van der Waals surface area (Å²) in [6.45, 7) is 0. The minimum Gasteiger partial charge on any atom is -0.258 e. The molecule has 2 aromatic carbocycles. The highest BCUT2D eigenvalue weighted by molar-refractivity contribution is 9.10. The Balaban J connectivity index is 2.45. The highest BCUT2D eigenvalue weighted by atomic mass is 79.9. The smallest absolute Gasteiger partial charge is 0.258 e. The quantitative estimate of drug-likeness (QED) is 0.617. The summed E-state index contributed by atoms with van der Waals surface area (Å²) < 4.78 is 0.826. The Morgan fingerprint density at radius 3 is 2.63 bits per heavy atom. The zero-order valence-electron chi connectivity index (χ0n) is 9.54. The average Bonchev–Trinajstić information content (AvgIpc) is 2.39. The van der Waals surface area contributed by atoms with E-state index >= 15 is 0 Å². The summed E-state index contributed by atoms with van der Waals surface area (Å²) in [6.07, 6.45) is 0. The van der Waals surface area contributed by atoms with E-state index in [9.17, 15) is 10.1 Å². The molecule has 0 fully saturated rings. The van der Waals surface area contributed by atoms with E-state index in [4.69, 9.17) is 5.26 Å². The lowest BCUT2D eigenvalue weighted by molar-refractivity contribution is -0.387. The maximum atomic E-state index is 11.0. The Bertz CT molecular complexity index is 683. The number of para-hydroxylation sites is 1. The number of nitrogens with zero attached hydrogens (tertiary/aromatic N) is 2. The molecule has 0 unspecified atom stereocenters. The molecular weight excluding hydrogens is 328 g/mol. The summed E-state index contributed by atoms with van der Waals surface area (Å²) in [4.78, 5) is 11.7. The molecule has 0 N–H and O–H groups in total.